The first-order chi connectivity index (χ1) is 14.5. The molecular formula is C23H30N4O3. The molecule has 0 aliphatic carbocycles. The van der Waals surface area contributed by atoms with Gasteiger partial charge in [-0.15, -0.1) is 0 Å². The van der Waals surface area contributed by atoms with Crippen LogP contribution in [0.1, 0.15) is 24.0 Å². The van der Waals surface area contributed by atoms with Crippen molar-refractivity contribution in [2.24, 2.45) is 11.7 Å². The Labute approximate surface area is 177 Å². The lowest BCUT2D eigenvalue weighted by atomic mass is 10.0. The van der Waals surface area contributed by atoms with Crippen molar-refractivity contribution < 1.29 is 14.7 Å². The van der Waals surface area contributed by atoms with Crippen molar-refractivity contribution in [3.63, 3.8) is 0 Å². The van der Waals surface area contributed by atoms with Crippen molar-refractivity contribution in [2.75, 3.05) is 18.4 Å². The van der Waals surface area contributed by atoms with Crippen molar-refractivity contribution in [2.45, 2.75) is 38.3 Å². The zero-order chi connectivity index (χ0) is 21.5. The van der Waals surface area contributed by atoms with E-state index in [1.165, 1.54) is 6.07 Å². The first kappa shape index (κ1) is 21.8. The van der Waals surface area contributed by atoms with E-state index in [4.69, 9.17) is 5.73 Å². The fourth-order valence-electron chi connectivity index (χ4n) is 3.65. The Balaban J connectivity index is 1.70. The monoisotopic (exact) mass is 410 g/mol. The number of phenols is 1. The smallest absolute Gasteiger partial charge is 0.247 e. The summed E-state index contributed by atoms with van der Waals surface area (Å²) in [5, 5.41) is 18.9. The number of carbonyl (C=O) groups excluding carboxylic acids is 2. The molecule has 2 aromatic rings. The lowest BCUT2D eigenvalue weighted by molar-refractivity contribution is -0.127. The standard InChI is InChI=1S/C23H30N4O3/c1-15-7-10-21(28)19(11-15)27-22(29)18(9-8-16-5-3-2-4-6-16)26-23(30)20-12-17(13-24)14-25-20/h2-7,10-11,17-18,20,25,28H,8-9,12-14,24H2,1H3,(H,26,30)(H,27,29)/t17-,18-,20-/m1/s1. The minimum atomic E-state index is -0.726. The number of nitrogens with one attached hydrogen (secondary N) is 3. The number of aromatic hydroxyl groups is 1. The van der Waals surface area contributed by atoms with Gasteiger partial charge in [-0.1, -0.05) is 36.4 Å². The van der Waals surface area contributed by atoms with Gasteiger partial charge in [-0.3, -0.25) is 9.59 Å². The highest BCUT2D eigenvalue weighted by atomic mass is 16.3. The Bertz CT molecular complexity index is 872. The Kier molecular flexibility index (Phi) is 7.43. The van der Waals surface area contributed by atoms with Crippen LogP contribution in [0.5, 0.6) is 5.75 Å². The molecule has 1 heterocycles. The molecule has 1 aliphatic rings. The average Bonchev–Trinajstić information content (AvgIpc) is 3.24. The van der Waals surface area contributed by atoms with E-state index < -0.39 is 6.04 Å². The maximum Gasteiger partial charge on any atom is 0.247 e. The summed E-state index contributed by atoms with van der Waals surface area (Å²) in [7, 11) is 0. The number of nitrogens with two attached hydrogens (primary N) is 1. The molecule has 7 nitrogen and oxygen atoms in total. The fraction of sp³-hybridized carbons (Fsp3) is 0.391. The summed E-state index contributed by atoms with van der Waals surface area (Å²) in [5.41, 5.74) is 8.05. The first-order valence-corrected chi connectivity index (χ1v) is 10.3. The Morgan fingerprint density at radius 3 is 2.70 bits per heavy atom. The summed E-state index contributed by atoms with van der Waals surface area (Å²) in [6.45, 7) is 3.11. The van der Waals surface area contributed by atoms with Crippen molar-refractivity contribution in [3.05, 3.63) is 59.7 Å². The molecule has 1 fully saturated rings. The van der Waals surface area contributed by atoms with Gasteiger partial charge in [0.2, 0.25) is 11.8 Å². The van der Waals surface area contributed by atoms with E-state index >= 15 is 0 Å². The molecule has 0 radical (unpaired) electrons. The third-order valence-corrected chi connectivity index (χ3v) is 5.48. The second-order valence-electron chi connectivity index (χ2n) is 7.89. The van der Waals surface area contributed by atoms with Gasteiger partial charge in [-0.05, 0) is 68.5 Å². The van der Waals surface area contributed by atoms with E-state index in [2.05, 4.69) is 16.0 Å². The molecule has 0 saturated carbocycles. The molecule has 0 spiro atoms. The number of amides is 2. The second kappa shape index (κ2) is 10.2. The van der Waals surface area contributed by atoms with Gasteiger partial charge in [0, 0.05) is 0 Å². The summed E-state index contributed by atoms with van der Waals surface area (Å²) < 4.78 is 0. The number of anilines is 1. The number of hydrogen-bond acceptors (Lipinski definition) is 5. The zero-order valence-corrected chi connectivity index (χ0v) is 17.2. The van der Waals surface area contributed by atoms with Crippen molar-refractivity contribution in [3.8, 4) is 5.75 Å². The van der Waals surface area contributed by atoms with E-state index in [0.29, 0.717) is 38.0 Å². The Hall–Kier alpha value is -2.90. The molecule has 30 heavy (non-hydrogen) atoms. The summed E-state index contributed by atoms with van der Waals surface area (Å²) in [4.78, 5) is 25.8. The van der Waals surface area contributed by atoms with Crippen LogP contribution in [0.3, 0.4) is 0 Å². The molecule has 2 aromatic carbocycles. The normalized spacial score (nSPS) is 19.3. The predicted octanol–water partition coefficient (Wildman–Crippen LogP) is 1.69. The summed E-state index contributed by atoms with van der Waals surface area (Å²) >= 11 is 0. The van der Waals surface area contributed by atoms with Crippen molar-refractivity contribution in [1.29, 1.82) is 0 Å². The largest absolute Gasteiger partial charge is 0.506 e. The first-order valence-electron chi connectivity index (χ1n) is 10.3. The maximum absolute atomic E-state index is 13.0. The quantitative estimate of drug-likeness (QED) is 0.425. The third-order valence-electron chi connectivity index (χ3n) is 5.48. The highest BCUT2D eigenvalue weighted by Crippen LogP contribution is 2.24. The molecule has 3 rings (SSSR count). The van der Waals surface area contributed by atoms with Crippen LogP contribution in [-0.4, -0.2) is 42.1 Å². The fourth-order valence-corrected chi connectivity index (χ4v) is 3.65. The van der Waals surface area contributed by atoms with Crippen LogP contribution in [0.2, 0.25) is 0 Å². The summed E-state index contributed by atoms with van der Waals surface area (Å²) in [5.74, 6) is -0.298. The zero-order valence-electron chi connectivity index (χ0n) is 17.2. The minimum absolute atomic E-state index is 0.00895. The number of hydrogen-bond donors (Lipinski definition) is 5. The van der Waals surface area contributed by atoms with E-state index in [9.17, 15) is 14.7 Å². The van der Waals surface area contributed by atoms with Crippen LogP contribution >= 0.6 is 0 Å². The van der Waals surface area contributed by atoms with Crippen LogP contribution < -0.4 is 21.7 Å². The molecule has 0 bridgehead atoms. The average molecular weight is 411 g/mol. The highest BCUT2D eigenvalue weighted by Gasteiger charge is 2.31. The molecule has 7 heteroatoms. The molecule has 0 unspecified atom stereocenters. The number of rotatable bonds is 8. The van der Waals surface area contributed by atoms with Crippen LogP contribution in [0, 0.1) is 12.8 Å². The Morgan fingerprint density at radius 2 is 2.00 bits per heavy atom. The van der Waals surface area contributed by atoms with Gasteiger partial charge in [0.15, 0.2) is 0 Å². The number of aryl methyl sites for hydroxylation is 2. The molecular weight excluding hydrogens is 380 g/mol. The molecule has 0 aromatic heterocycles. The van der Waals surface area contributed by atoms with Gasteiger partial charge in [0.25, 0.3) is 0 Å². The maximum atomic E-state index is 13.0. The van der Waals surface area contributed by atoms with Gasteiger partial charge < -0.3 is 26.8 Å². The summed E-state index contributed by atoms with van der Waals surface area (Å²) in [6, 6.07) is 13.8. The van der Waals surface area contributed by atoms with Crippen LogP contribution in [0.15, 0.2) is 48.5 Å². The molecule has 160 valence electrons. The molecule has 1 aliphatic heterocycles. The molecule has 3 atom stereocenters. The van der Waals surface area contributed by atoms with E-state index in [1.807, 2.05) is 37.3 Å². The van der Waals surface area contributed by atoms with Crippen LogP contribution in [-0.2, 0) is 16.0 Å². The molecule has 6 N–H and O–H groups in total. The lowest BCUT2D eigenvalue weighted by Gasteiger charge is -2.21. The van der Waals surface area contributed by atoms with Gasteiger partial charge in [0.1, 0.15) is 11.8 Å². The SMILES string of the molecule is Cc1ccc(O)c(NC(=O)[C@@H](CCc2ccccc2)NC(=O)[C@H]2C[C@H](CN)CN2)c1. The van der Waals surface area contributed by atoms with E-state index in [0.717, 1.165) is 11.1 Å². The van der Waals surface area contributed by atoms with Crippen LogP contribution in [0.25, 0.3) is 0 Å². The van der Waals surface area contributed by atoms with Crippen molar-refractivity contribution >= 4 is 17.5 Å². The van der Waals surface area contributed by atoms with Gasteiger partial charge in [-0.2, -0.15) is 0 Å². The molecule has 1 saturated heterocycles. The lowest BCUT2D eigenvalue weighted by Crippen LogP contribution is -2.50. The third kappa shape index (κ3) is 5.81. The van der Waals surface area contributed by atoms with Crippen molar-refractivity contribution in [1.82, 2.24) is 10.6 Å². The van der Waals surface area contributed by atoms with E-state index in [1.54, 1.807) is 12.1 Å². The number of phenolic OH excluding ortho intramolecular Hbond substituents is 1. The minimum Gasteiger partial charge on any atom is -0.506 e. The predicted molar refractivity (Wildman–Crippen MR) is 117 cm³/mol. The number of carbonyl (C=O) groups is 2. The van der Waals surface area contributed by atoms with Gasteiger partial charge >= 0.3 is 0 Å². The number of benzene rings is 2. The second-order valence-corrected chi connectivity index (χ2v) is 7.89. The topological polar surface area (TPSA) is 116 Å². The van der Waals surface area contributed by atoms with Gasteiger partial charge in [-0.25, -0.2) is 0 Å². The van der Waals surface area contributed by atoms with Crippen LogP contribution in [0.4, 0.5) is 5.69 Å². The highest BCUT2D eigenvalue weighted by molar-refractivity contribution is 5.98. The Morgan fingerprint density at radius 1 is 1.23 bits per heavy atom. The molecule has 2 amide bonds. The summed E-state index contributed by atoms with van der Waals surface area (Å²) in [6.07, 6.45) is 1.75. The van der Waals surface area contributed by atoms with E-state index in [-0.39, 0.29) is 29.5 Å². The van der Waals surface area contributed by atoms with Gasteiger partial charge in [0.05, 0.1) is 11.7 Å².